The Labute approximate surface area is 152 Å². The fourth-order valence-corrected chi connectivity index (χ4v) is 4.34. The molecule has 8 heteroatoms. The lowest BCUT2D eigenvalue weighted by Crippen LogP contribution is -2.25. The fraction of sp³-hybridized carbons (Fsp3) is 0.333. The van der Waals surface area contributed by atoms with Gasteiger partial charge in [0.2, 0.25) is 21.6 Å². The minimum absolute atomic E-state index is 0.0157. The largest absolute Gasteiger partial charge is 0.476 e. The molecule has 0 atom stereocenters. The maximum absolute atomic E-state index is 12.8. The number of carbonyl (C=O) groups is 1. The highest BCUT2D eigenvalue weighted by Crippen LogP contribution is 2.24. The summed E-state index contributed by atoms with van der Waals surface area (Å²) in [6.45, 7) is 3.51. The van der Waals surface area contributed by atoms with Crippen molar-refractivity contribution in [3.63, 3.8) is 0 Å². The lowest BCUT2D eigenvalue weighted by molar-refractivity contribution is 0.0997. The van der Waals surface area contributed by atoms with E-state index in [4.69, 9.17) is 10.5 Å². The number of hydrogen-bond acceptors (Lipinski definition) is 6. The van der Waals surface area contributed by atoms with Crippen LogP contribution >= 0.6 is 0 Å². The van der Waals surface area contributed by atoms with E-state index < -0.39 is 15.7 Å². The van der Waals surface area contributed by atoms with E-state index >= 15 is 0 Å². The summed E-state index contributed by atoms with van der Waals surface area (Å²) in [4.78, 5) is 17.7. The molecule has 26 heavy (non-hydrogen) atoms. The molecule has 1 fully saturated rings. The highest BCUT2D eigenvalue weighted by Gasteiger charge is 2.23. The molecule has 1 amide bonds. The standard InChI is InChI=1S/C18H21N3O4S/c19-18(22)15-5-1-2-6-16(15)26(23,24)14-7-8-17(20-13-14)25-12-11-21-9-3-4-10-21/h1-2,5-8,13H,3-4,9-12H2,(H2,19,22). The summed E-state index contributed by atoms with van der Waals surface area (Å²) in [5, 5.41) is 0. The highest BCUT2D eigenvalue weighted by molar-refractivity contribution is 7.91. The van der Waals surface area contributed by atoms with Crippen molar-refractivity contribution in [2.75, 3.05) is 26.2 Å². The second-order valence-corrected chi connectivity index (χ2v) is 8.01. The summed E-state index contributed by atoms with van der Waals surface area (Å²) in [6, 6.07) is 8.79. The molecule has 1 aromatic heterocycles. The van der Waals surface area contributed by atoms with Crippen LogP contribution in [0.4, 0.5) is 0 Å². The van der Waals surface area contributed by atoms with Crippen LogP contribution in [0.15, 0.2) is 52.4 Å². The molecule has 7 nitrogen and oxygen atoms in total. The van der Waals surface area contributed by atoms with E-state index in [1.165, 1.54) is 43.3 Å². The zero-order chi connectivity index (χ0) is 18.6. The van der Waals surface area contributed by atoms with Crippen molar-refractivity contribution in [1.29, 1.82) is 0 Å². The lowest BCUT2D eigenvalue weighted by atomic mass is 10.2. The van der Waals surface area contributed by atoms with Crippen LogP contribution < -0.4 is 10.5 Å². The van der Waals surface area contributed by atoms with Gasteiger partial charge in [-0.2, -0.15) is 0 Å². The summed E-state index contributed by atoms with van der Waals surface area (Å²) >= 11 is 0. The van der Waals surface area contributed by atoms with E-state index in [-0.39, 0.29) is 15.4 Å². The number of hydrogen-bond donors (Lipinski definition) is 1. The van der Waals surface area contributed by atoms with Crippen LogP contribution in [-0.2, 0) is 9.84 Å². The predicted octanol–water partition coefficient (Wildman–Crippen LogP) is 1.49. The van der Waals surface area contributed by atoms with Gasteiger partial charge in [0.05, 0.1) is 15.4 Å². The first-order valence-corrected chi connectivity index (χ1v) is 9.92. The van der Waals surface area contributed by atoms with E-state index in [9.17, 15) is 13.2 Å². The topological polar surface area (TPSA) is 103 Å². The first-order valence-electron chi connectivity index (χ1n) is 8.43. The van der Waals surface area contributed by atoms with Gasteiger partial charge in [-0.05, 0) is 44.1 Å². The van der Waals surface area contributed by atoms with E-state index in [2.05, 4.69) is 9.88 Å². The van der Waals surface area contributed by atoms with Gasteiger partial charge in [-0.3, -0.25) is 9.69 Å². The van der Waals surface area contributed by atoms with Crippen molar-refractivity contribution in [1.82, 2.24) is 9.88 Å². The van der Waals surface area contributed by atoms with Crippen LogP contribution in [0.2, 0.25) is 0 Å². The Morgan fingerprint density at radius 2 is 1.88 bits per heavy atom. The molecule has 0 bridgehead atoms. The number of aromatic nitrogens is 1. The van der Waals surface area contributed by atoms with Crippen molar-refractivity contribution in [2.45, 2.75) is 22.6 Å². The van der Waals surface area contributed by atoms with Crippen molar-refractivity contribution < 1.29 is 17.9 Å². The number of likely N-dealkylation sites (tertiary alicyclic amines) is 1. The molecule has 1 aromatic carbocycles. The number of sulfone groups is 1. The minimum atomic E-state index is -3.89. The molecule has 2 N–H and O–H groups in total. The number of benzene rings is 1. The smallest absolute Gasteiger partial charge is 0.250 e. The molecule has 3 rings (SSSR count). The number of pyridine rings is 1. The summed E-state index contributed by atoms with van der Waals surface area (Å²) in [5.41, 5.74) is 5.23. The molecule has 1 aliphatic heterocycles. The van der Waals surface area contributed by atoms with Crippen LogP contribution in [0.5, 0.6) is 5.88 Å². The number of nitrogens with two attached hydrogens (primary N) is 1. The monoisotopic (exact) mass is 375 g/mol. The maximum atomic E-state index is 12.8. The number of carbonyl (C=O) groups excluding carboxylic acids is 1. The minimum Gasteiger partial charge on any atom is -0.476 e. The molecule has 0 radical (unpaired) electrons. The lowest BCUT2D eigenvalue weighted by Gasteiger charge is -2.14. The van der Waals surface area contributed by atoms with Gasteiger partial charge in [-0.15, -0.1) is 0 Å². The Balaban J connectivity index is 1.72. The average molecular weight is 375 g/mol. The molecule has 2 heterocycles. The van der Waals surface area contributed by atoms with Crippen LogP contribution in [0.1, 0.15) is 23.2 Å². The molecule has 0 unspecified atom stereocenters. The van der Waals surface area contributed by atoms with Crippen molar-refractivity contribution in [3.05, 3.63) is 48.2 Å². The zero-order valence-electron chi connectivity index (χ0n) is 14.3. The third-order valence-electron chi connectivity index (χ3n) is 4.32. The summed E-state index contributed by atoms with van der Waals surface area (Å²) in [7, 11) is -3.89. The third kappa shape index (κ3) is 4.03. The van der Waals surface area contributed by atoms with Crippen LogP contribution in [-0.4, -0.2) is 50.5 Å². The molecule has 2 aromatic rings. The Kier molecular flexibility index (Phi) is 5.53. The summed E-state index contributed by atoms with van der Waals surface area (Å²) in [5.74, 6) is -0.426. The van der Waals surface area contributed by atoms with E-state index in [0.29, 0.717) is 12.5 Å². The van der Waals surface area contributed by atoms with E-state index in [1.807, 2.05) is 0 Å². The predicted molar refractivity (Wildman–Crippen MR) is 95.8 cm³/mol. The van der Waals surface area contributed by atoms with Crippen molar-refractivity contribution in [3.8, 4) is 5.88 Å². The number of rotatable bonds is 7. The molecule has 1 saturated heterocycles. The molecule has 138 valence electrons. The van der Waals surface area contributed by atoms with Crippen molar-refractivity contribution in [2.24, 2.45) is 5.73 Å². The van der Waals surface area contributed by atoms with Gasteiger partial charge < -0.3 is 10.5 Å². The second-order valence-electron chi connectivity index (χ2n) is 6.09. The normalized spacial score (nSPS) is 15.1. The van der Waals surface area contributed by atoms with Crippen LogP contribution in [0.25, 0.3) is 0 Å². The molecular weight excluding hydrogens is 354 g/mol. The Hall–Kier alpha value is -2.45. The Morgan fingerprint density at radius 3 is 2.54 bits per heavy atom. The van der Waals surface area contributed by atoms with Crippen LogP contribution in [0.3, 0.4) is 0 Å². The van der Waals surface area contributed by atoms with E-state index in [1.54, 1.807) is 12.1 Å². The van der Waals surface area contributed by atoms with Gasteiger partial charge >= 0.3 is 0 Å². The first-order chi connectivity index (χ1) is 12.5. The SMILES string of the molecule is NC(=O)c1ccccc1S(=O)(=O)c1ccc(OCCN2CCCC2)nc1. The number of nitrogens with zero attached hydrogens (tertiary/aromatic N) is 2. The quantitative estimate of drug-likeness (QED) is 0.786. The molecule has 0 spiro atoms. The van der Waals surface area contributed by atoms with Gasteiger partial charge in [0.1, 0.15) is 6.61 Å². The number of amides is 1. The van der Waals surface area contributed by atoms with Gasteiger partial charge in [0, 0.05) is 18.8 Å². The van der Waals surface area contributed by atoms with Gasteiger partial charge in [-0.1, -0.05) is 12.1 Å². The third-order valence-corrected chi connectivity index (χ3v) is 6.11. The number of ether oxygens (including phenoxy) is 1. The zero-order valence-corrected chi connectivity index (χ0v) is 15.1. The van der Waals surface area contributed by atoms with Crippen molar-refractivity contribution >= 4 is 15.7 Å². The summed E-state index contributed by atoms with van der Waals surface area (Å²) in [6.07, 6.45) is 3.67. The molecular formula is C18H21N3O4S. The Morgan fingerprint density at radius 1 is 1.15 bits per heavy atom. The molecule has 0 aliphatic carbocycles. The van der Waals surface area contributed by atoms with Crippen LogP contribution in [0, 0.1) is 0 Å². The van der Waals surface area contributed by atoms with Gasteiger partial charge in [0.15, 0.2) is 0 Å². The Bertz CT molecular complexity index is 876. The fourth-order valence-electron chi connectivity index (χ4n) is 2.93. The molecule has 1 aliphatic rings. The van der Waals surface area contributed by atoms with E-state index in [0.717, 1.165) is 19.6 Å². The maximum Gasteiger partial charge on any atom is 0.250 e. The van der Waals surface area contributed by atoms with Gasteiger partial charge in [0.25, 0.3) is 0 Å². The summed E-state index contributed by atoms with van der Waals surface area (Å²) < 4.78 is 31.1. The average Bonchev–Trinajstić information content (AvgIpc) is 3.15. The number of primary amides is 1. The van der Waals surface area contributed by atoms with Gasteiger partial charge in [-0.25, -0.2) is 13.4 Å². The second kappa shape index (κ2) is 7.84. The highest BCUT2D eigenvalue weighted by atomic mass is 32.2. The first kappa shape index (κ1) is 18.3. The molecule has 0 saturated carbocycles.